The Hall–Kier alpha value is -1.36. The van der Waals surface area contributed by atoms with E-state index in [1.165, 1.54) is 5.56 Å². The third-order valence-corrected chi connectivity index (χ3v) is 4.02. The van der Waals surface area contributed by atoms with E-state index in [0.29, 0.717) is 6.54 Å². The van der Waals surface area contributed by atoms with Crippen LogP contribution in [0.15, 0.2) is 0 Å². The van der Waals surface area contributed by atoms with Crippen LogP contribution in [0.4, 0.5) is 0 Å². The maximum atomic E-state index is 12.0. The summed E-state index contributed by atoms with van der Waals surface area (Å²) in [5, 5.41) is 7.49. The molecule has 1 aliphatic rings. The normalized spacial score (nSPS) is 22.7. The maximum absolute atomic E-state index is 12.0. The molecule has 1 amide bonds. The lowest BCUT2D eigenvalue weighted by Gasteiger charge is -2.13. The molecule has 1 aliphatic carbocycles. The highest BCUT2D eigenvalue weighted by atomic mass is 16.2. The lowest BCUT2D eigenvalue weighted by Crippen LogP contribution is -2.36. The summed E-state index contributed by atoms with van der Waals surface area (Å²) in [4.78, 5) is 12.0. The SMILES string of the molecule is CCc1c(C)nn(CC(=O)N[C@@H]2CC[C@@H](N)C2)c1C. The minimum absolute atomic E-state index is 0.0346. The summed E-state index contributed by atoms with van der Waals surface area (Å²) >= 11 is 0. The average molecular weight is 264 g/mol. The quantitative estimate of drug-likeness (QED) is 0.854. The summed E-state index contributed by atoms with van der Waals surface area (Å²) in [6.07, 6.45) is 3.84. The largest absolute Gasteiger partial charge is 0.352 e. The van der Waals surface area contributed by atoms with Crippen LogP contribution in [0.2, 0.25) is 0 Å². The molecule has 1 fully saturated rings. The predicted molar refractivity (Wildman–Crippen MR) is 74.8 cm³/mol. The molecule has 0 aliphatic heterocycles. The summed E-state index contributed by atoms with van der Waals surface area (Å²) in [6, 6.07) is 0.482. The number of nitrogens with two attached hydrogens (primary N) is 1. The van der Waals surface area contributed by atoms with Gasteiger partial charge in [0.1, 0.15) is 6.54 Å². The van der Waals surface area contributed by atoms with Gasteiger partial charge in [0.15, 0.2) is 0 Å². The summed E-state index contributed by atoms with van der Waals surface area (Å²) < 4.78 is 1.80. The highest BCUT2D eigenvalue weighted by Gasteiger charge is 2.23. The van der Waals surface area contributed by atoms with E-state index >= 15 is 0 Å². The second kappa shape index (κ2) is 5.74. The molecule has 5 nitrogen and oxygen atoms in total. The van der Waals surface area contributed by atoms with Crippen LogP contribution in [-0.4, -0.2) is 27.8 Å². The minimum Gasteiger partial charge on any atom is -0.352 e. The van der Waals surface area contributed by atoms with Crippen molar-refractivity contribution in [3.63, 3.8) is 0 Å². The molecule has 2 atom stereocenters. The molecule has 0 radical (unpaired) electrons. The van der Waals surface area contributed by atoms with E-state index in [9.17, 15) is 4.79 Å². The molecule has 1 aromatic rings. The molecule has 1 aromatic heterocycles. The van der Waals surface area contributed by atoms with Crippen LogP contribution in [0.25, 0.3) is 0 Å². The average Bonchev–Trinajstić information content (AvgIpc) is 2.84. The molecule has 2 rings (SSSR count). The van der Waals surface area contributed by atoms with Crippen molar-refractivity contribution >= 4 is 5.91 Å². The number of nitrogens with one attached hydrogen (secondary N) is 1. The number of aryl methyl sites for hydroxylation is 1. The zero-order valence-electron chi connectivity index (χ0n) is 12.1. The number of carbonyl (C=O) groups is 1. The van der Waals surface area contributed by atoms with Crippen LogP contribution < -0.4 is 11.1 Å². The van der Waals surface area contributed by atoms with Gasteiger partial charge in [-0.15, -0.1) is 0 Å². The highest BCUT2D eigenvalue weighted by molar-refractivity contribution is 5.76. The van der Waals surface area contributed by atoms with Crippen LogP contribution >= 0.6 is 0 Å². The van der Waals surface area contributed by atoms with Crippen molar-refractivity contribution in [3.05, 3.63) is 17.0 Å². The molecule has 0 spiro atoms. The second-order valence-corrected chi connectivity index (χ2v) is 5.50. The van der Waals surface area contributed by atoms with Crippen molar-refractivity contribution in [2.24, 2.45) is 5.73 Å². The molecule has 1 saturated carbocycles. The number of aromatic nitrogens is 2. The Labute approximate surface area is 114 Å². The van der Waals surface area contributed by atoms with E-state index in [1.54, 1.807) is 4.68 Å². The summed E-state index contributed by atoms with van der Waals surface area (Å²) in [7, 11) is 0. The molecule has 0 aromatic carbocycles. The van der Waals surface area contributed by atoms with E-state index in [-0.39, 0.29) is 18.0 Å². The molecule has 0 bridgehead atoms. The molecular weight excluding hydrogens is 240 g/mol. The van der Waals surface area contributed by atoms with E-state index in [4.69, 9.17) is 5.73 Å². The summed E-state index contributed by atoms with van der Waals surface area (Å²) in [6.45, 7) is 6.44. The monoisotopic (exact) mass is 264 g/mol. The number of nitrogens with zero attached hydrogens (tertiary/aromatic N) is 2. The fourth-order valence-corrected chi connectivity index (χ4v) is 2.96. The number of rotatable bonds is 4. The van der Waals surface area contributed by atoms with Gasteiger partial charge in [-0.3, -0.25) is 9.48 Å². The van der Waals surface area contributed by atoms with E-state index < -0.39 is 0 Å². The highest BCUT2D eigenvalue weighted by Crippen LogP contribution is 2.17. The number of hydrogen-bond acceptors (Lipinski definition) is 3. The Morgan fingerprint density at radius 2 is 2.21 bits per heavy atom. The number of amides is 1. The Kier molecular flexibility index (Phi) is 4.24. The van der Waals surface area contributed by atoms with Gasteiger partial charge in [0, 0.05) is 17.8 Å². The Balaban J connectivity index is 1.95. The zero-order chi connectivity index (χ0) is 14.0. The molecule has 3 N–H and O–H groups in total. The molecule has 19 heavy (non-hydrogen) atoms. The van der Waals surface area contributed by atoms with Crippen molar-refractivity contribution < 1.29 is 4.79 Å². The molecule has 0 unspecified atom stereocenters. The first-order valence-corrected chi connectivity index (χ1v) is 7.09. The molecule has 1 heterocycles. The maximum Gasteiger partial charge on any atom is 0.241 e. The third kappa shape index (κ3) is 3.15. The first-order valence-electron chi connectivity index (χ1n) is 7.09. The van der Waals surface area contributed by atoms with Crippen molar-refractivity contribution in [2.45, 2.75) is 65.1 Å². The van der Waals surface area contributed by atoms with Gasteiger partial charge in [0.25, 0.3) is 0 Å². The molecule has 106 valence electrons. The number of hydrogen-bond donors (Lipinski definition) is 2. The summed E-state index contributed by atoms with van der Waals surface area (Å²) in [5.74, 6) is 0.0346. The van der Waals surface area contributed by atoms with Crippen LogP contribution in [0, 0.1) is 13.8 Å². The Bertz CT molecular complexity index is 466. The lowest BCUT2D eigenvalue weighted by molar-refractivity contribution is -0.122. The van der Waals surface area contributed by atoms with Crippen molar-refractivity contribution in [1.29, 1.82) is 0 Å². The zero-order valence-corrected chi connectivity index (χ0v) is 12.1. The van der Waals surface area contributed by atoms with Gasteiger partial charge in [0.05, 0.1) is 5.69 Å². The second-order valence-electron chi connectivity index (χ2n) is 5.50. The van der Waals surface area contributed by atoms with Crippen molar-refractivity contribution in [2.75, 3.05) is 0 Å². The van der Waals surface area contributed by atoms with E-state index in [2.05, 4.69) is 17.3 Å². The Morgan fingerprint density at radius 3 is 2.74 bits per heavy atom. The Morgan fingerprint density at radius 1 is 1.47 bits per heavy atom. The fourth-order valence-electron chi connectivity index (χ4n) is 2.96. The standard InChI is InChI=1S/C14H24N4O/c1-4-13-9(2)17-18(10(13)3)8-14(19)16-12-6-5-11(15)7-12/h11-12H,4-8,15H2,1-3H3,(H,16,19)/t11-,12-/m1/s1. The van der Waals surface area contributed by atoms with Gasteiger partial charge in [-0.05, 0) is 45.1 Å². The van der Waals surface area contributed by atoms with Gasteiger partial charge in [-0.2, -0.15) is 5.10 Å². The molecular formula is C14H24N4O. The van der Waals surface area contributed by atoms with Gasteiger partial charge in [-0.25, -0.2) is 0 Å². The van der Waals surface area contributed by atoms with E-state index in [0.717, 1.165) is 37.1 Å². The topological polar surface area (TPSA) is 72.9 Å². The predicted octanol–water partition coefficient (Wildman–Crippen LogP) is 1.06. The van der Waals surface area contributed by atoms with E-state index in [1.807, 2.05) is 13.8 Å². The van der Waals surface area contributed by atoms with Crippen LogP contribution in [0.5, 0.6) is 0 Å². The number of carbonyl (C=O) groups excluding carboxylic acids is 1. The summed E-state index contributed by atoms with van der Waals surface area (Å²) in [5.41, 5.74) is 9.22. The fraction of sp³-hybridized carbons (Fsp3) is 0.714. The smallest absolute Gasteiger partial charge is 0.241 e. The minimum atomic E-state index is 0.0346. The van der Waals surface area contributed by atoms with Crippen LogP contribution in [0.1, 0.15) is 43.1 Å². The first-order chi connectivity index (χ1) is 9.01. The lowest BCUT2D eigenvalue weighted by atomic mass is 10.1. The van der Waals surface area contributed by atoms with Crippen molar-refractivity contribution in [1.82, 2.24) is 15.1 Å². The third-order valence-electron chi connectivity index (χ3n) is 4.02. The molecule has 5 heteroatoms. The van der Waals surface area contributed by atoms with Gasteiger partial charge >= 0.3 is 0 Å². The molecule has 0 saturated heterocycles. The first kappa shape index (κ1) is 14.1. The van der Waals surface area contributed by atoms with Gasteiger partial charge in [0.2, 0.25) is 5.91 Å². The van der Waals surface area contributed by atoms with Crippen LogP contribution in [-0.2, 0) is 17.8 Å². The van der Waals surface area contributed by atoms with Crippen LogP contribution in [0.3, 0.4) is 0 Å². The van der Waals surface area contributed by atoms with Gasteiger partial charge < -0.3 is 11.1 Å². The van der Waals surface area contributed by atoms with Gasteiger partial charge in [-0.1, -0.05) is 6.92 Å². The van der Waals surface area contributed by atoms with Crippen molar-refractivity contribution in [3.8, 4) is 0 Å².